The highest BCUT2D eigenvalue weighted by molar-refractivity contribution is 5.91. The molecule has 0 bridgehead atoms. The van der Waals surface area contributed by atoms with E-state index in [1.165, 1.54) is 24.3 Å². The molecular weight excluding hydrogens is 492 g/mol. The van der Waals surface area contributed by atoms with Crippen LogP contribution in [-0.2, 0) is 4.74 Å². The van der Waals surface area contributed by atoms with Crippen molar-refractivity contribution in [1.29, 1.82) is 0 Å². The van der Waals surface area contributed by atoms with Crippen molar-refractivity contribution in [1.82, 2.24) is 15.0 Å². The average Bonchev–Trinajstić information content (AvgIpc) is 3.50. The number of aromatic nitrogens is 3. The summed E-state index contributed by atoms with van der Waals surface area (Å²) in [5.74, 6) is 1.32. The van der Waals surface area contributed by atoms with Gasteiger partial charge in [0.15, 0.2) is 0 Å². The van der Waals surface area contributed by atoms with E-state index in [4.69, 9.17) is 9.47 Å². The molecule has 2 aliphatic rings. The van der Waals surface area contributed by atoms with Gasteiger partial charge in [-0.15, -0.1) is 0 Å². The van der Waals surface area contributed by atoms with Gasteiger partial charge in [-0.05, 0) is 54.8 Å². The van der Waals surface area contributed by atoms with Gasteiger partial charge in [0.2, 0.25) is 17.8 Å². The normalized spacial score (nSPS) is 15.6. The second kappa shape index (κ2) is 11.6. The molecule has 2 fully saturated rings. The fraction of sp³-hybridized carbons (Fsp3) is 0.320. The van der Waals surface area contributed by atoms with Crippen molar-refractivity contribution < 1.29 is 19.2 Å². The maximum atomic E-state index is 12.3. The molecule has 0 saturated carbocycles. The Bertz CT molecular complexity index is 1300. The summed E-state index contributed by atoms with van der Waals surface area (Å²) in [7, 11) is 0. The third kappa shape index (κ3) is 6.18. The second-order valence-corrected chi connectivity index (χ2v) is 8.69. The van der Waals surface area contributed by atoms with E-state index in [-0.39, 0.29) is 11.3 Å². The van der Waals surface area contributed by atoms with Crippen LogP contribution in [0, 0.1) is 10.1 Å². The van der Waals surface area contributed by atoms with Crippen molar-refractivity contribution in [2.75, 3.05) is 54.6 Å². The maximum Gasteiger partial charge on any atom is 0.343 e. The van der Waals surface area contributed by atoms with Crippen LogP contribution in [0.4, 0.5) is 23.5 Å². The number of carbonyl (C=O) groups is 1. The lowest BCUT2D eigenvalue weighted by Gasteiger charge is -2.27. The number of hydrazone groups is 1. The molecule has 38 heavy (non-hydrogen) atoms. The zero-order valence-corrected chi connectivity index (χ0v) is 20.5. The second-order valence-electron chi connectivity index (χ2n) is 8.69. The highest BCUT2D eigenvalue weighted by Gasteiger charge is 2.21. The third-order valence-electron chi connectivity index (χ3n) is 6.08. The number of non-ortho nitro benzene ring substituents is 1. The number of ether oxygens (including phenoxy) is 2. The van der Waals surface area contributed by atoms with E-state index < -0.39 is 10.9 Å². The lowest BCUT2D eigenvalue weighted by atomic mass is 10.2. The number of nitrogens with one attached hydrogen (secondary N) is 1. The van der Waals surface area contributed by atoms with Gasteiger partial charge in [0.25, 0.3) is 5.69 Å². The fourth-order valence-corrected chi connectivity index (χ4v) is 4.04. The first kappa shape index (κ1) is 25.0. The molecule has 0 aliphatic carbocycles. The molecule has 2 aliphatic heterocycles. The molecule has 0 radical (unpaired) electrons. The summed E-state index contributed by atoms with van der Waals surface area (Å²) in [6, 6.07) is 12.0. The van der Waals surface area contributed by atoms with E-state index in [1.54, 1.807) is 30.5 Å². The van der Waals surface area contributed by atoms with Gasteiger partial charge in [-0.1, -0.05) is 0 Å². The number of anilines is 3. The van der Waals surface area contributed by atoms with Crippen LogP contribution in [0.15, 0.2) is 53.6 Å². The van der Waals surface area contributed by atoms with Crippen molar-refractivity contribution in [3.05, 3.63) is 69.8 Å². The summed E-state index contributed by atoms with van der Waals surface area (Å²) in [4.78, 5) is 40.6. The summed E-state index contributed by atoms with van der Waals surface area (Å²) in [5, 5.41) is 15.0. The molecule has 5 rings (SSSR count). The van der Waals surface area contributed by atoms with Gasteiger partial charge in [0.1, 0.15) is 5.75 Å². The number of nitro benzene ring substituents is 1. The summed E-state index contributed by atoms with van der Waals surface area (Å²) >= 11 is 0. The Morgan fingerprint density at radius 2 is 1.58 bits per heavy atom. The quantitative estimate of drug-likeness (QED) is 0.154. The molecule has 1 N–H and O–H groups in total. The number of nitrogens with zero attached hydrogens (tertiary/aromatic N) is 7. The first-order valence-electron chi connectivity index (χ1n) is 12.2. The van der Waals surface area contributed by atoms with Crippen LogP contribution < -0.4 is 20.0 Å². The summed E-state index contributed by atoms with van der Waals surface area (Å²) in [6.07, 6.45) is 3.83. The number of nitro groups is 1. The zero-order valence-electron chi connectivity index (χ0n) is 20.5. The molecule has 13 nitrogen and oxygen atoms in total. The maximum absolute atomic E-state index is 12.3. The van der Waals surface area contributed by atoms with Gasteiger partial charge >= 0.3 is 5.97 Å². The van der Waals surface area contributed by atoms with Crippen LogP contribution in [-0.4, -0.2) is 71.5 Å². The Labute approximate surface area is 218 Å². The Morgan fingerprint density at radius 3 is 2.21 bits per heavy atom. The number of rotatable bonds is 8. The predicted molar refractivity (Wildman–Crippen MR) is 140 cm³/mol. The van der Waals surface area contributed by atoms with Crippen LogP contribution >= 0.6 is 0 Å². The highest BCUT2D eigenvalue weighted by Crippen LogP contribution is 2.21. The zero-order chi connectivity index (χ0) is 26.3. The van der Waals surface area contributed by atoms with Crippen LogP contribution in [0.1, 0.15) is 28.8 Å². The molecule has 2 aromatic carbocycles. The molecule has 196 valence electrons. The van der Waals surface area contributed by atoms with Crippen molar-refractivity contribution in [3.8, 4) is 5.75 Å². The molecule has 2 saturated heterocycles. The first-order chi connectivity index (χ1) is 18.5. The summed E-state index contributed by atoms with van der Waals surface area (Å²) in [6.45, 7) is 4.52. The lowest BCUT2D eigenvalue weighted by molar-refractivity contribution is -0.384. The van der Waals surface area contributed by atoms with E-state index >= 15 is 0 Å². The van der Waals surface area contributed by atoms with Crippen LogP contribution in [0.2, 0.25) is 0 Å². The van der Waals surface area contributed by atoms with Gasteiger partial charge in [-0.25, -0.2) is 10.2 Å². The number of benzene rings is 2. The largest absolute Gasteiger partial charge is 0.423 e. The molecule has 0 atom stereocenters. The first-order valence-corrected chi connectivity index (χ1v) is 12.2. The van der Waals surface area contributed by atoms with Gasteiger partial charge in [-0.3, -0.25) is 10.1 Å². The van der Waals surface area contributed by atoms with Crippen molar-refractivity contribution in [2.45, 2.75) is 12.8 Å². The molecule has 13 heteroatoms. The minimum absolute atomic E-state index is 0.0967. The number of morpholine rings is 1. The lowest BCUT2D eigenvalue weighted by Crippen LogP contribution is -2.38. The Balaban J connectivity index is 1.22. The van der Waals surface area contributed by atoms with Crippen molar-refractivity contribution in [2.24, 2.45) is 5.10 Å². The summed E-state index contributed by atoms with van der Waals surface area (Å²) in [5.41, 5.74) is 3.78. The topological polar surface area (TPSA) is 148 Å². The smallest absolute Gasteiger partial charge is 0.343 e. The van der Waals surface area contributed by atoms with Crippen LogP contribution in [0.25, 0.3) is 0 Å². The standard InChI is InChI=1S/C25H26N8O5/c34-22(19-5-7-20(8-6-19)33(35)36)38-21-9-3-18(4-10-21)17-26-30-23-27-24(31-11-1-2-12-31)29-25(28-23)32-13-15-37-16-14-32/h3-10,17H,1-2,11-16H2,(H,27,28,29,30)/b26-17-. The Hall–Kier alpha value is -4.65. The average molecular weight is 519 g/mol. The fourth-order valence-electron chi connectivity index (χ4n) is 4.04. The Kier molecular flexibility index (Phi) is 7.64. The minimum atomic E-state index is -0.609. The van der Waals surface area contributed by atoms with Gasteiger partial charge in [0, 0.05) is 38.3 Å². The highest BCUT2D eigenvalue weighted by atomic mass is 16.6. The van der Waals surface area contributed by atoms with E-state index in [0.29, 0.717) is 49.9 Å². The van der Waals surface area contributed by atoms with Crippen molar-refractivity contribution >= 4 is 35.7 Å². The molecule has 0 spiro atoms. The molecule has 0 unspecified atom stereocenters. The van der Waals surface area contributed by atoms with E-state index in [9.17, 15) is 14.9 Å². The monoisotopic (exact) mass is 518 g/mol. The van der Waals surface area contributed by atoms with Gasteiger partial charge in [-0.2, -0.15) is 20.1 Å². The van der Waals surface area contributed by atoms with E-state index in [2.05, 4.69) is 35.3 Å². The third-order valence-corrected chi connectivity index (χ3v) is 6.08. The number of hydrogen-bond acceptors (Lipinski definition) is 12. The Morgan fingerprint density at radius 1 is 0.947 bits per heavy atom. The predicted octanol–water partition coefficient (Wildman–Crippen LogP) is 2.88. The van der Waals surface area contributed by atoms with Crippen LogP contribution in [0.3, 0.4) is 0 Å². The summed E-state index contributed by atoms with van der Waals surface area (Å²) < 4.78 is 10.8. The van der Waals surface area contributed by atoms with Crippen LogP contribution in [0.5, 0.6) is 5.75 Å². The van der Waals surface area contributed by atoms with Gasteiger partial charge in [0.05, 0.1) is 29.9 Å². The van der Waals surface area contributed by atoms with E-state index in [1.807, 2.05) is 0 Å². The number of carbonyl (C=O) groups excluding carboxylic acids is 1. The molecule has 0 amide bonds. The minimum Gasteiger partial charge on any atom is -0.423 e. The SMILES string of the molecule is O=C(Oc1ccc(/C=N\Nc2nc(N3CCCC3)nc(N3CCOCC3)n2)cc1)c1ccc([N+](=O)[O-])cc1. The van der Waals surface area contributed by atoms with Crippen molar-refractivity contribution in [3.63, 3.8) is 0 Å². The van der Waals surface area contributed by atoms with Gasteiger partial charge < -0.3 is 19.3 Å². The number of esters is 1. The molecule has 3 heterocycles. The molecule has 1 aromatic heterocycles. The van der Waals surface area contributed by atoms with E-state index in [0.717, 1.165) is 31.5 Å². The number of hydrogen-bond donors (Lipinski definition) is 1. The molecular formula is C25H26N8O5. The molecule has 3 aromatic rings.